The maximum Gasteiger partial charge on any atom is 0.142 e. The van der Waals surface area contributed by atoms with Gasteiger partial charge in [-0.15, -0.1) is 0 Å². The van der Waals surface area contributed by atoms with Crippen LogP contribution < -0.4 is 10.5 Å². The first-order valence-electron chi connectivity index (χ1n) is 9.17. The fourth-order valence-corrected chi connectivity index (χ4v) is 3.62. The van der Waals surface area contributed by atoms with Crippen LogP contribution in [0.25, 0.3) is 0 Å². The largest absolute Gasteiger partial charge is 0.491 e. The van der Waals surface area contributed by atoms with Crippen LogP contribution in [-0.4, -0.2) is 31.1 Å². The molecule has 0 aliphatic carbocycles. The van der Waals surface area contributed by atoms with Gasteiger partial charge in [-0.25, -0.2) is 0 Å². The number of nitrogens with two attached hydrogens (primary N) is 1. The van der Waals surface area contributed by atoms with Gasteiger partial charge in [0.1, 0.15) is 5.75 Å². The number of nitrogens with zero attached hydrogens (tertiary/aromatic N) is 1. The Morgan fingerprint density at radius 2 is 1.91 bits per heavy atom. The van der Waals surface area contributed by atoms with Crippen LogP contribution in [0.3, 0.4) is 0 Å². The molecule has 1 heterocycles. The second-order valence-corrected chi connectivity index (χ2v) is 7.89. The Morgan fingerprint density at radius 3 is 2.52 bits per heavy atom. The lowest BCUT2D eigenvalue weighted by Gasteiger charge is -2.34. The van der Waals surface area contributed by atoms with Crippen molar-refractivity contribution in [2.24, 2.45) is 17.8 Å². The normalized spacial score (nSPS) is 22.5. The van der Waals surface area contributed by atoms with Crippen LogP contribution in [0.2, 0.25) is 0 Å². The van der Waals surface area contributed by atoms with Crippen molar-refractivity contribution in [2.45, 2.75) is 47.0 Å². The summed E-state index contributed by atoms with van der Waals surface area (Å²) in [6.45, 7) is 13.5. The highest BCUT2D eigenvalue weighted by Gasteiger charge is 2.21. The molecular weight excluding hydrogens is 284 g/mol. The lowest BCUT2D eigenvalue weighted by Crippen LogP contribution is -2.39. The van der Waals surface area contributed by atoms with Gasteiger partial charge < -0.3 is 15.4 Å². The molecule has 23 heavy (non-hydrogen) atoms. The van der Waals surface area contributed by atoms with Crippen molar-refractivity contribution in [3.8, 4) is 5.75 Å². The number of ether oxygens (including phenoxy) is 1. The minimum atomic E-state index is 0.517. The molecule has 3 nitrogen and oxygen atoms in total. The van der Waals surface area contributed by atoms with Gasteiger partial charge in [-0.05, 0) is 61.3 Å². The number of rotatable bonds is 7. The zero-order valence-corrected chi connectivity index (χ0v) is 15.3. The van der Waals surface area contributed by atoms with Crippen LogP contribution in [0.1, 0.15) is 46.1 Å². The molecule has 0 bridgehead atoms. The molecule has 1 fully saturated rings. The van der Waals surface area contributed by atoms with Crippen LogP contribution in [0.4, 0.5) is 5.69 Å². The Morgan fingerprint density at radius 1 is 1.22 bits per heavy atom. The summed E-state index contributed by atoms with van der Waals surface area (Å²) >= 11 is 0. The molecule has 2 N–H and O–H groups in total. The second kappa shape index (κ2) is 8.58. The summed E-state index contributed by atoms with van der Waals surface area (Å²) in [7, 11) is 0. The lowest BCUT2D eigenvalue weighted by atomic mass is 9.92. The lowest BCUT2D eigenvalue weighted by molar-refractivity contribution is 0.140. The van der Waals surface area contributed by atoms with Crippen molar-refractivity contribution in [3.05, 3.63) is 23.8 Å². The van der Waals surface area contributed by atoms with E-state index in [4.69, 9.17) is 10.5 Å². The van der Waals surface area contributed by atoms with E-state index in [-0.39, 0.29) is 0 Å². The van der Waals surface area contributed by atoms with Crippen molar-refractivity contribution in [2.75, 3.05) is 32.0 Å². The fourth-order valence-electron chi connectivity index (χ4n) is 3.62. The van der Waals surface area contributed by atoms with Crippen molar-refractivity contribution in [1.82, 2.24) is 4.90 Å². The summed E-state index contributed by atoms with van der Waals surface area (Å²) < 4.78 is 5.74. The molecule has 0 radical (unpaired) electrons. The summed E-state index contributed by atoms with van der Waals surface area (Å²) in [6, 6.07) is 6.27. The highest BCUT2D eigenvalue weighted by atomic mass is 16.5. The monoisotopic (exact) mass is 318 g/mol. The minimum absolute atomic E-state index is 0.517. The average molecular weight is 319 g/mol. The van der Waals surface area contributed by atoms with Gasteiger partial charge in [-0.1, -0.05) is 33.8 Å². The van der Waals surface area contributed by atoms with Gasteiger partial charge in [0.25, 0.3) is 0 Å². The van der Waals surface area contributed by atoms with E-state index in [1.165, 1.54) is 38.0 Å². The first-order valence-corrected chi connectivity index (χ1v) is 9.17. The van der Waals surface area contributed by atoms with Gasteiger partial charge in [0.2, 0.25) is 0 Å². The van der Waals surface area contributed by atoms with Gasteiger partial charge in [0.05, 0.1) is 12.3 Å². The molecule has 2 rings (SSSR count). The second-order valence-electron chi connectivity index (χ2n) is 7.89. The van der Waals surface area contributed by atoms with Crippen LogP contribution >= 0.6 is 0 Å². The third kappa shape index (κ3) is 6.06. The number of anilines is 1. The molecule has 1 aliphatic heterocycles. The molecule has 2 unspecified atom stereocenters. The number of hydrogen-bond acceptors (Lipinski definition) is 3. The zero-order chi connectivity index (χ0) is 16.8. The molecular formula is C20H34N2O. The molecule has 130 valence electrons. The summed E-state index contributed by atoms with van der Waals surface area (Å²) in [5, 5.41) is 0. The van der Waals surface area contributed by atoms with Crippen molar-refractivity contribution >= 4 is 5.69 Å². The zero-order valence-electron chi connectivity index (χ0n) is 15.3. The molecule has 1 aromatic rings. The number of likely N-dealkylation sites (tertiary alicyclic amines) is 1. The van der Waals surface area contributed by atoms with Crippen LogP contribution in [0, 0.1) is 17.8 Å². The van der Waals surface area contributed by atoms with E-state index in [9.17, 15) is 0 Å². The van der Waals surface area contributed by atoms with E-state index in [1.54, 1.807) is 0 Å². The highest BCUT2D eigenvalue weighted by molar-refractivity contribution is 5.54. The molecule has 2 atom stereocenters. The van der Waals surface area contributed by atoms with E-state index >= 15 is 0 Å². The van der Waals surface area contributed by atoms with Crippen molar-refractivity contribution < 1.29 is 4.74 Å². The molecule has 1 aliphatic rings. The molecule has 3 heteroatoms. The first kappa shape index (κ1) is 18.1. The first-order chi connectivity index (χ1) is 10.9. The van der Waals surface area contributed by atoms with Gasteiger partial charge in [-0.2, -0.15) is 0 Å². The topological polar surface area (TPSA) is 38.5 Å². The van der Waals surface area contributed by atoms with E-state index in [2.05, 4.69) is 44.7 Å². The standard InChI is InChI=1S/C20H34N2O/c1-15(2)14-23-20-8-7-18(11-19(20)21)6-5-9-22-12-16(3)10-17(4)13-22/h7-8,11,15-17H,5-6,9-10,12-14,21H2,1-4H3. The van der Waals surface area contributed by atoms with Crippen LogP contribution in [-0.2, 0) is 6.42 Å². The maximum atomic E-state index is 6.12. The van der Waals surface area contributed by atoms with E-state index < -0.39 is 0 Å². The smallest absolute Gasteiger partial charge is 0.142 e. The number of nitrogen functional groups attached to an aromatic ring is 1. The minimum Gasteiger partial charge on any atom is -0.491 e. The van der Waals surface area contributed by atoms with Gasteiger partial charge in [-0.3, -0.25) is 0 Å². The predicted molar refractivity (Wildman–Crippen MR) is 98.9 cm³/mol. The summed E-state index contributed by atoms with van der Waals surface area (Å²) in [5.41, 5.74) is 8.21. The molecule has 0 aromatic heterocycles. The Balaban J connectivity index is 1.78. The highest BCUT2D eigenvalue weighted by Crippen LogP contribution is 2.24. The molecule has 0 saturated carbocycles. The van der Waals surface area contributed by atoms with Crippen molar-refractivity contribution in [1.29, 1.82) is 0 Å². The Hall–Kier alpha value is -1.22. The molecule has 1 aromatic carbocycles. The third-order valence-corrected chi connectivity index (χ3v) is 4.53. The summed E-state index contributed by atoms with van der Waals surface area (Å²) in [6.07, 6.45) is 3.67. The van der Waals surface area contributed by atoms with Crippen LogP contribution in [0.5, 0.6) is 5.75 Å². The Labute approximate surface area is 142 Å². The van der Waals surface area contributed by atoms with Gasteiger partial charge >= 0.3 is 0 Å². The fraction of sp³-hybridized carbons (Fsp3) is 0.700. The third-order valence-electron chi connectivity index (χ3n) is 4.53. The Kier molecular flexibility index (Phi) is 6.76. The SMILES string of the molecule is CC(C)COc1ccc(CCCN2CC(C)CC(C)C2)cc1N. The number of benzene rings is 1. The Bertz CT molecular complexity index is 477. The van der Waals surface area contributed by atoms with E-state index in [0.29, 0.717) is 5.92 Å². The molecule has 0 amide bonds. The summed E-state index contributed by atoms with van der Waals surface area (Å²) in [5.74, 6) is 3.02. The van der Waals surface area contributed by atoms with Crippen LogP contribution in [0.15, 0.2) is 18.2 Å². The number of piperidine rings is 1. The summed E-state index contributed by atoms with van der Waals surface area (Å²) in [4.78, 5) is 2.63. The maximum absolute atomic E-state index is 6.12. The molecule has 1 saturated heterocycles. The number of aryl methyl sites for hydroxylation is 1. The predicted octanol–water partition coefficient (Wildman–Crippen LogP) is 4.21. The quantitative estimate of drug-likeness (QED) is 0.765. The number of hydrogen-bond donors (Lipinski definition) is 1. The van der Waals surface area contributed by atoms with Gasteiger partial charge in [0.15, 0.2) is 0 Å². The molecule has 0 spiro atoms. The average Bonchev–Trinajstić information content (AvgIpc) is 2.45. The van der Waals surface area contributed by atoms with Crippen molar-refractivity contribution in [3.63, 3.8) is 0 Å². The van der Waals surface area contributed by atoms with E-state index in [1.807, 2.05) is 6.07 Å². The van der Waals surface area contributed by atoms with E-state index in [0.717, 1.165) is 36.3 Å². The van der Waals surface area contributed by atoms with Gasteiger partial charge in [0, 0.05) is 13.1 Å².